The van der Waals surface area contributed by atoms with Gasteiger partial charge in [-0.3, -0.25) is 9.59 Å². The number of thioether (sulfide) groups is 1. The third kappa shape index (κ3) is 4.55. The van der Waals surface area contributed by atoms with Crippen molar-refractivity contribution >= 4 is 46.6 Å². The van der Waals surface area contributed by atoms with E-state index >= 15 is 0 Å². The monoisotopic (exact) mass is 374 g/mol. The Morgan fingerprint density at radius 1 is 1.00 bits per heavy atom. The van der Waals surface area contributed by atoms with Gasteiger partial charge in [-0.05, 0) is 36.4 Å². The molecule has 1 heterocycles. The van der Waals surface area contributed by atoms with Crippen molar-refractivity contribution in [3.05, 3.63) is 70.3 Å². The minimum atomic E-state index is -0.376. The van der Waals surface area contributed by atoms with Crippen molar-refractivity contribution in [2.75, 3.05) is 23.0 Å². The Balaban J connectivity index is 1.75. The molecule has 0 unspecified atom stereocenters. The Labute approximate surface area is 154 Å². The highest BCUT2D eigenvalue weighted by Crippen LogP contribution is 2.21. The fourth-order valence-electron chi connectivity index (χ4n) is 2.19. The highest BCUT2D eigenvalue weighted by molar-refractivity contribution is 8.02. The topological polar surface area (TPSA) is 67.4 Å². The largest absolute Gasteiger partial charge is 0.487 e. The maximum atomic E-state index is 12.5. The molecular formula is C18H15ClN2O3S. The molecule has 3 rings (SSSR count). The minimum absolute atomic E-state index is 0.254. The summed E-state index contributed by atoms with van der Waals surface area (Å²) in [7, 11) is 0. The predicted molar refractivity (Wildman–Crippen MR) is 101 cm³/mol. The molecule has 0 fully saturated rings. The Kier molecular flexibility index (Phi) is 5.63. The van der Waals surface area contributed by atoms with Gasteiger partial charge >= 0.3 is 0 Å². The standard InChI is InChI=1S/C18H15ClN2O3S/c19-12-5-7-13(8-6-12)20-17(22)14-3-1-2-4-15(14)21-18(23)16-11-25-10-9-24-16/h1-8,11H,9-10H2,(H,20,22)(H,21,23). The van der Waals surface area contributed by atoms with Gasteiger partial charge in [-0.15, -0.1) is 11.8 Å². The van der Waals surface area contributed by atoms with E-state index in [1.165, 1.54) is 11.8 Å². The van der Waals surface area contributed by atoms with E-state index in [-0.39, 0.29) is 17.6 Å². The molecule has 128 valence electrons. The molecule has 1 aliphatic rings. The summed E-state index contributed by atoms with van der Waals surface area (Å²) in [4.78, 5) is 24.8. The van der Waals surface area contributed by atoms with Gasteiger partial charge < -0.3 is 15.4 Å². The summed E-state index contributed by atoms with van der Waals surface area (Å²) in [5, 5.41) is 7.77. The van der Waals surface area contributed by atoms with Crippen LogP contribution in [0.3, 0.4) is 0 Å². The minimum Gasteiger partial charge on any atom is -0.487 e. The molecule has 7 heteroatoms. The number of ether oxygens (including phenoxy) is 1. The van der Waals surface area contributed by atoms with Gasteiger partial charge in [0.1, 0.15) is 0 Å². The number of hydrogen-bond donors (Lipinski definition) is 2. The third-order valence-corrected chi connectivity index (χ3v) is 4.43. The molecule has 0 aromatic heterocycles. The van der Waals surface area contributed by atoms with Crippen LogP contribution >= 0.6 is 23.4 Å². The van der Waals surface area contributed by atoms with Crippen molar-refractivity contribution in [3.8, 4) is 0 Å². The van der Waals surface area contributed by atoms with Gasteiger partial charge in [0.15, 0.2) is 5.76 Å². The number of hydrogen-bond acceptors (Lipinski definition) is 4. The Bertz CT molecular complexity index is 821. The molecule has 2 aromatic carbocycles. The van der Waals surface area contributed by atoms with Crippen molar-refractivity contribution in [1.29, 1.82) is 0 Å². The highest BCUT2D eigenvalue weighted by Gasteiger charge is 2.18. The van der Waals surface area contributed by atoms with E-state index in [1.807, 2.05) is 0 Å². The number of carbonyl (C=O) groups is 2. The van der Waals surface area contributed by atoms with Gasteiger partial charge in [0.2, 0.25) is 0 Å². The van der Waals surface area contributed by atoms with E-state index in [9.17, 15) is 9.59 Å². The second kappa shape index (κ2) is 8.09. The van der Waals surface area contributed by atoms with Gasteiger partial charge in [0.25, 0.3) is 11.8 Å². The second-order valence-corrected chi connectivity index (χ2v) is 6.58. The molecular weight excluding hydrogens is 360 g/mol. The van der Waals surface area contributed by atoms with E-state index in [2.05, 4.69) is 10.6 Å². The van der Waals surface area contributed by atoms with E-state index < -0.39 is 0 Å². The molecule has 5 nitrogen and oxygen atoms in total. The van der Waals surface area contributed by atoms with Crippen LogP contribution in [0.1, 0.15) is 10.4 Å². The first-order valence-electron chi connectivity index (χ1n) is 7.55. The SMILES string of the molecule is O=C(Nc1ccccc1C(=O)Nc1ccc(Cl)cc1)C1=CSCCO1. The third-order valence-electron chi connectivity index (χ3n) is 3.39. The number of halogens is 1. The summed E-state index contributed by atoms with van der Waals surface area (Å²) in [6.45, 7) is 0.489. The van der Waals surface area contributed by atoms with Crippen LogP contribution in [-0.2, 0) is 9.53 Å². The van der Waals surface area contributed by atoms with Crippen LogP contribution < -0.4 is 10.6 Å². The van der Waals surface area contributed by atoms with Crippen LogP contribution in [0.2, 0.25) is 5.02 Å². The number of para-hydroxylation sites is 1. The summed E-state index contributed by atoms with van der Waals surface area (Å²) in [5.74, 6) is 0.367. The lowest BCUT2D eigenvalue weighted by Gasteiger charge is -2.15. The fraction of sp³-hybridized carbons (Fsp3) is 0.111. The Hall–Kier alpha value is -2.44. The van der Waals surface area contributed by atoms with Gasteiger partial charge in [-0.1, -0.05) is 23.7 Å². The molecule has 0 atom stereocenters. The van der Waals surface area contributed by atoms with Crippen LogP contribution in [-0.4, -0.2) is 24.2 Å². The number of rotatable bonds is 4. The van der Waals surface area contributed by atoms with Crippen LogP contribution in [0, 0.1) is 0 Å². The molecule has 0 bridgehead atoms. The molecule has 2 aromatic rings. The van der Waals surface area contributed by atoms with Gasteiger partial charge in [0, 0.05) is 21.9 Å². The Morgan fingerprint density at radius 3 is 2.48 bits per heavy atom. The van der Waals surface area contributed by atoms with Gasteiger partial charge in [0.05, 0.1) is 17.9 Å². The van der Waals surface area contributed by atoms with Gasteiger partial charge in [-0.2, -0.15) is 0 Å². The summed E-state index contributed by atoms with van der Waals surface area (Å²) in [5.41, 5.74) is 1.39. The molecule has 2 N–H and O–H groups in total. The first-order valence-corrected chi connectivity index (χ1v) is 8.98. The average molecular weight is 375 g/mol. The average Bonchev–Trinajstić information content (AvgIpc) is 2.64. The number of carbonyl (C=O) groups excluding carboxylic acids is 2. The van der Waals surface area contributed by atoms with Crippen LogP contribution in [0.4, 0.5) is 11.4 Å². The molecule has 25 heavy (non-hydrogen) atoms. The first kappa shape index (κ1) is 17.4. The van der Waals surface area contributed by atoms with Crippen LogP contribution in [0.15, 0.2) is 59.7 Å². The molecule has 0 saturated carbocycles. The van der Waals surface area contributed by atoms with Crippen molar-refractivity contribution < 1.29 is 14.3 Å². The zero-order chi connectivity index (χ0) is 17.6. The van der Waals surface area contributed by atoms with E-state index in [0.29, 0.717) is 28.6 Å². The summed E-state index contributed by atoms with van der Waals surface area (Å²) in [6, 6.07) is 13.6. The van der Waals surface area contributed by atoms with E-state index in [4.69, 9.17) is 16.3 Å². The number of benzene rings is 2. The lowest BCUT2D eigenvalue weighted by atomic mass is 10.1. The molecule has 0 aliphatic carbocycles. The first-order chi connectivity index (χ1) is 12.1. The lowest BCUT2D eigenvalue weighted by Crippen LogP contribution is -2.21. The molecule has 2 amide bonds. The number of nitrogens with one attached hydrogen (secondary N) is 2. The summed E-state index contributed by atoms with van der Waals surface area (Å²) >= 11 is 7.36. The van der Waals surface area contributed by atoms with Crippen LogP contribution in [0.5, 0.6) is 0 Å². The van der Waals surface area contributed by atoms with E-state index in [0.717, 1.165) is 5.75 Å². The Morgan fingerprint density at radius 2 is 1.76 bits per heavy atom. The quantitative estimate of drug-likeness (QED) is 0.844. The normalized spacial score (nSPS) is 13.4. The maximum Gasteiger partial charge on any atom is 0.291 e. The smallest absolute Gasteiger partial charge is 0.291 e. The maximum absolute atomic E-state index is 12.5. The van der Waals surface area contributed by atoms with Crippen molar-refractivity contribution in [2.45, 2.75) is 0 Å². The molecule has 1 aliphatic heterocycles. The van der Waals surface area contributed by atoms with Crippen LogP contribution in [0.25, 0.3) is 0 Å². The van der Waals surface area contributed by atoms with Crippen molar-refractivity contribution in [3.63, 3.8) is 0 Å². The molecule has 0 spiro atoms. The summed E-state index contributed by atoms with van der Waals surface area (Å²) < 4.78 is 5.33. The van der Waals surface area contributed by atoms with Crippen molar-refractivity contribution in [1.82, 2.24) is 0 Å². The fourth-order valence-corrected chi connectivity index (χ4v) is 2.94. The molecule has 0 radical (unpaired) electrons. The van der Waals surface area contributed by atoms with Gasteiger partial charge in [-0.25, -0.2) is 0 Å². The second-order valence-electron chi connectivity index (χ2n) is 5.16. The zero-order valence-electron chi connectivity index (χ0n) is 13.1. The highest BCUT2D eigenvalue weighted by atomic mass is 35.5. The predicted octanol–water partition coefficient (Wildman–Crippen LogP) is 4.14. The number of anilines is 2. The summed E-state index contributed by atoms with van der Waals surface area (Å²) in [6.07, 6.45) is 0. The van der Waals surface area contributed by atoms with Crippen molar-refractivity contribution in [2.24, 2.45) is 0 Å². The zero-order valence-corrected chi connectivity index (χ0v) is 14.7. The lowest BCUT2D eigenvalue weighted by molar-refractivity contribution is -0.116. The van der Waals surface area contributed by atoms with E-state index in [1.54, 1.807) is 53.9 Å². The number of amides is 2. The molecule has 0 saturated heterocycles.